The van der Waals surface area contributed by atoms with Crippen molar-refractivity contribution in [2.75, 3.05) is 51.6 Å². The van der Waals surface area contributed by atoms with Crippen molar-refractivity contribution in [3.8, 4) is 23.0 Å². The molecule has 0 fully saturated rings. The van der Waals surface area contributed by atoms with Crippen molar-refractivity contribution in [2.24, 2.45) is 0 Å². The number of hydrogen-bond donors (Lipinski definition) is 2. The van der Waals surface area contributed by atoms with E-state index in [1.54, 1.807) is 43.3 Å². The van der Waals surface area contributed by atoms with Gasteiger partial charge in [0.2, 0.25) is 0 Å². The first-order chi connectivity index (χ1) is 16.8. The molecule has 0 amide bonds. The van der Waals surface area contributed by atoms with E-state index in [0.717, 1.165) is 5.41 Å². The number of nitrogens with one attached hydrogen (secondary N) is 2. The number of rotatable bonds is 13. The fourth-order valence-electron chi connectivity index (χ4n) is 2.98. The Morgan fingerprint density at radius 2 is 1.63 bits per heavy atom. The van der Waals surface area contributed by atoms with Crippen LogP contribution in [0, 0.1) is 0 Å². The minimum atomic E-state index is -3.89. The average molecular weight is 511 g/mol. The highest BCUT2D eigenvalue weighted by molar-refractivity contribution is 7.95. The lowest BCUT2D eigenvalue weighted by atomic mass is 10.1. The largest absolute Gasteiger partial charge is 0.496 e. The van der Waals surface area contributed by atoms with Gasteiger partial charge >= 0.3 is 5.97 Å². The maximum atomic E-state index is 12.7. The molecule has 2 rings (SSSR count). The van der Waals surface area contributed by atoms with Crippen LogP contribution in [0.2, 0.25) is 0 Å². The van der Waals surface area contributed by atoms with Crippen molar-refractivity contribution in [3.63, 3.8) is 0 Å². The molecule has 2 aromatic carbocycles. The van der Waals surface area contributed by atoms with Crippen LogP contribution < -0.4 is 29.0 Å². The maximum absolute atomic E-state index is 12.7. The van der Waals surface area contributed by atoms with Crippen LogP contribution in [0.5, 0.6) is 23.0 Å². The van der Waals surface area contributed by atoms with Crippen molar-refractivity contribution in [1.29, 1.82) is 0 Å². The first-order valence-electron chi connectivity index (χ1n) is 10.5. The number of anilines is 2. The topological polar surface area (TPSA) is 121 Å². The molecule has 0 spiro atoms. The number of carbonyl (C=O) groups is 1. The molecular formula is C24H34N2O8S. The van der Waals surface area contributed by atoms with E-state index in [2.05, 4.69) is 10.0 Å². The fraction of sp³-hybridized carbons (Fsp3) is 0.292. The Kier molecular flexibility index (Phi) is 10.3. The normalized spacial score (nSPS) is 11.3. The minimum Gasteiger partial charge on any atom is -0.496 e. The summed E-state index contributed by atoms with van der Waals surface area (Å²) in [5.74, 6) is 1.34. The lowest BCUT2D eigenvalue weighted by Gasteiger charge is -2.13. The third-order valence-corrected chi connectivity index (χ3v) is 5.59. The van der Waals surface area contributed by atoms with E-state index < -0.39 is 16.0 Å². The third kappa shape index (κ3) is 8.14. The average Bonchev–Trinajstić information content (AvgIpc) is 2.84. The lowest BCUT2D eigenvalue weighted by Crippen LogP contribution is -2.10. The molecule has 35 heavy (non-hydrogen) atoms. The van der Waals surface area contributed by atoms with E-state index in [0.29, 0.717) is 53.1 Å². The highest BCUT2D eigenvalue weighted by Gasteiger charge is 2.14. The van der Waals surface area contributed by atoms with Gasteiger partial charge in [0.25, 0.3) is 10.0 Å². The zero-order chi connectivity index (χ0) is 25.8. The van der Waals surface area contributed by atoms with Crippen LogP contribution in [0.1, 0.15) is 15.3 Å². The summed E-state index contributed by atoms with van der Waals surface area (Å²) in [7, 11) is 2.04. The first-order valence-corrected chi connectivity index (χ1v) is 12.1. The molecule has 0 saturated heterocycles. The van der Waals surface area contributed by atoms with Gasteiger partial charge in [-0.2, -0.15) is 0 Å². The summed E-state index contributed by atoms with van der Waals surface area (Å²) in [4.78, 5) is 11.4. The van der Waals surface area contributed by atoms with Gasteiger partial charge in [-0.25, -0.2) is 13.2 Å². The van der Waals surface area contributed by atoms with E-state index >= 15 is 0 Å². The quantitative estimate of drug-likeness (QED) is 0.302. The number of methoxy groups -OCH3 is 4. The van der Waals surface area contributed by atoms with Crippen LogP contribution in [0.25, 0.3) is 6.08 Å². The lowest BCUT2D eigenvalue weighted by molar-refractivity contribution is -0.137. The number of ether oxygens (including phenoxy) is 5. The van der Waals surface area contributed by atoms with E-state index in [1.165, 1.54) is 40.6 Å². The molecule has 0 atom stereocenters. The second-order valence-corrected chi connectivity index (χ2v) is 8.41. The van der Waals surface area contributed by atoms with Crippen molar-refractivity contribution in [1.82, 2.24) is 0 Å². The van der Waals surface area contributed by atoms with Crippen molar-refractivity contribution < 1.29 is 39.7 Å². The van der Waals surface area contributed by atoms with Crippen LogP contribution in [-0.2, 0) is 19.6 Å². The highest BCUT2D eigenvalue weighted by Crippen LogP contribution is 2.35. The van der Waals surface area contributed by atoms with E-state index in [9.17, 15) is 13.2 Å². The van der Waals surface area contributed by atoms with Crippen LogP contribution in [0.3, 0.4) is 0 Å². The van der Waals surface area contributed by atoms with Crippen LogP contribution in [0.4, 0.5) is 11.4 Å². The van der Waals surface area contributed by atoms with Gasteiger partial charge < -0.3 is 29.0 Å². The molecule has 2 aromatic rings. The predicted molar refractivity (Wildman–Crippen MR) is 139 cm³/mol. The number of sulfonamides is 1. The van der Waals surface area contributed by atoms with Gasteiger partial charge in [-0.15, -0.1) is 0 Å². The molecule has 0 aliphatic carbocycles. The fourth-order valence-corrected chi connectivity index (χ4v) is 3.82. The summed E-state index contributed by atoms with van der Waals surface area (Å²) < 4.78 is 54.0. The molecule has 0 heterocycles. The molecule has 0 aromatic heterocycles. The van der Waals surface area contributed by atoms with Gasteiger partial charge in [0, 0.05) is 27.6 Å². The van der Waals surface area contributed by atoms with Crippen LogP contribution in [0.15, 0.2) is 47.9 Å². The summed E-state index contributed by atoms with van der Waals surface area (Å²) in [6, 6.07) is 8.02. The third-order valence-electron chi connectivity index (χ3n) is 4.58. The first kappa shape index (κ1) is 27.4. The molecule has 0 aliphatic rings. The molecular weight excluding hydrogens is 476 g/mol. The summed E-state index contributed by atoms with van der Waals surface area (Å²) in [6.07, 6.45) is 4.27. The van der Waals surface area contributed by atoms with Crippen LogP contribution in [-0.4, -0.2) is 56.0 Å². The molecule has 0 aliphatic heterocycles. The predicted octanol–water partition coefficient (Wildman–Crippen LogP) is 4.16. The van der Waals surface area contributed by atoms with Crippen molar-refractivity contribution >= 4 is 33.4 Å². The molecule has 0 radical (unpaired) electrons. The Hall–Kier alpha value is -3.86. The van der Waals surface area contributed by atoms with Gasteiger partial charge in [-0.3, -0.25) is 4.72 Å². The Morgan fingerprint density at radius 3 is 2.20 bits per heavy atom. The second kappa shape index (κ2) is 13.1. The summed E-state index contributed by atoms with van der Waals surface area (Å²) >= 11 is 0. The maximum Gasteiger partial charge on any atom is 0.330 e. The van der Waals surface area contributed by atoms with E-state index in [1.807, 2.05) is 0 Å². The minimum absolute atomic E-state index is 0. The standard InChI is InChI=1S/C24H30N2O8S.2H2/c1-6-34-24(27)8-7-12-25-20-14-17(9-10-21(20)31-3)26-35(28,29)13-11-19-22(32-4)15-18(30-2)16-23(19)33-5;;/h7-11,13-16,25-26H,6,12H2,1-5H3;2*1H/b8-7+,13-11+;;. The summed E-state index contributed by atoms with van der Waals surface area (Å²) in [5.41, 5.74) is 1.27. The zero-order valence-electron chi connectivity index (χ0n) is 20.3. The van der Waals surface area contributed by atoms with Gasteiger partial charge in [0.05, 0.1) is 57.4 Å². The van der Waals surface area contributed by atoms with Crippen LogP contribution >= 0.6 is 0 Å². The van der Waals surface area contributed by atoms with E-state index in [4.69, 9.17) is 23.7 Å². The Balaban J connectivity index is 0.00000648. The highest BCUT2D eigenvalue weighted by atomic mass is 32.2. The van der Waals surface area contributed by atoms with Gasteiger partial charge in [0.1, 0.15) is 23.0 Å². The molecule has 10 nitrogen and oxygen atoms in total. The number of hydrogen-bond acceptors (Lipinski definition) is 9. The van der Waals surface area contributed by atoms with Crippen molar-refractivity contribution in [2.45, 2.75) is 6.92 Å². The number of esters is 1. The Morgan fingerprint density at radius 1 is 0.971 bits per heavy atom. The number of carbonyl (C=O) groups excluding carboxylic acids is 1. The molecule has 0 bridgehead atoms. The molecule has 194 valence electrons. The van der Waals surface area contributed by atoms with Gasteiger partial charge in [0.15, 0.2) is 0 Å². The smallest absolute Gasteiger partial charge is 0.330 e. The van der Waals surface area contributed by atoms with E-state index in [-0.39, 0.29) is 2.85 Å². The summed E-state index contributed by atoms with van der Waals surface area (Å²) in [5, 5.41) is 4.08. The molecule has 2 N–H and O–H groups in total. The van der Waals surface area contributed by atoms with Gasteiger partial charge in [-0.1, -0.05) is 6.08 Å². The monoisotopic (exact) mass is 510 g/mol. The summed E-state index contributed by atoms with van der Waals surface area (Å²) in [6.45, 7) is 2.31. The molecule has 11 heteroatoms. The molecule has 0 unspecified atom stereocenters. The van der Waals surface area contributed by atoms with Gasteiger partial charge in [-0.05, 0) is 31.2 Å². The Labute approximate surface area is 208 Å². The molecule has 0 saturated carbocycles. The number of benzene rings is 2. The Bertz CT molecular complexity index is 1160. The SMILES string of the molecule is CCOC(=O)/C=C/CNc1cc(NS(=O)(=O)/C=C/c2c(OC)cc(OC)cc2OC)ccc1OC.[HH].[HH]. The van der Waals surface area contributed by atoms with Crippen molar-refractivity contribution in [3.05, 3.63) is 53.5 Å². The zero-order valence-corrected chi connectivity index (χ0v) is 21.1. The second-order valence-electron chi connectivity index (χ2n) is 6.85.